The molecule has 0 amide bonds. The second kappa shape index (κ2) is 12.5. The number of pyridine rings is 1. The van der Waals surface area contributed by atoms with Gasteiger partial charge < -0.3 is 13.7 Å². The highest BCUT2D eigenvalue weighted by molar-refractivity contribution is 6.14. The molecule has 0 radical (unpaired) electrons. The minimum Gasteiger partial charge on any atom is -0.483 e. The van der Waals surface area contributed by atoms with Gasteiger partial charge in [0.15, 0.2) is 0 Å². The smallest absolute Gasteiger partial charge is 0.149 e. The van der Waals surface area contributed by atoms with Gasteiger partial charge in [0.1, 0.15) is 11.9 Å². The van der Waals surface area contributed by atoms with Crippen LogP contribution in [0, 0.1) is 0 Å². The number of ether oxygens (including phenoxy) is 1. The van der Waals surface area contributed by atoms with Crippen LogP contribution in [0.3, 0.4) is 0 Å². The van der Waals surface area contributed by atoms with Gasteiger partial charge in [-0.2, -0.15) is 0 Å². The third-order valence-electron chi connectivity index (χ3n) is 15.2. The molecule has 0 saturated carbocycles. The van der Waals surface area contributed by atoms with Gasteiger partial charge in [0.25, 0.3) is 0 Å². The van der Waals surface area contributed by atoms with Crippen LogP contribution in [0.1, 0.15) is 154 Å². The number of hydrogen-bond acceptors (Lipinski definition) is 1. The molecule has 11 rings (SSSR count). The fraction of sp³-hybridized carbons (Fsp3) is 0.390. The van der Waals surface area contributed by atoms with E-state index >= 15 is 0 Å². The zero-order chi connectivity index (χ0) is 43.8. The molecular formula is C59H64N2O. The molecule has 3 unspecified atom stereocenters. The summed E-state index contributed by atoms with van der Waals surface area (Å²) in [6.07, 6.45) is 15.0. The molecule has 0 N–H and O–H groups in total. The Morgan fingerprint density at radius 1 is 0.613 bits per heavy atom. The van der Waals surface area contributed by atoms with Crippen molar-refractivity contribution < 1.29 is 4.74 Å². The monoisotopic (exact) mass is 817 g/mol. The lowest BCUT2D eigenvalue weighted by atomic mass is 9.77. The zero-order valence-corrected chi connectivity index (χ0v) is 39.6. The quantitative estimate of drug-likeness (QED) is 0.151. The first kappa shape index (κ1) is 39.6. The molecule has 3 heteroatoms. The lowest BCUT2D eigenvalue weighted by Gasteiger charge is -2.33. The molecule has 3 aliphatic carbocycles. The van der Waals surface area contributed by atoms with Crippen LogP contribution in [-0.4, -0.2) is 15.1 Å². The van der Waals surface area contributed by atoms with Crippen LogP contribution in [0.2, 0.25) is 0 Å². The Hall–Kier alpha value is -5.28. The molecule has 4 heterocycles. The predicted molar refractivity (Wildman–Crippen MR) is 264 cm³/mol. The highest BCUT2D eigenvalue weighted by atomic mass is 16.5. The van der Waals surface area contributed by atoms with Gasteiger partial charge >= 0.3 is 0 Å². The van der Waals surface area contributed by atoms with E-state index in [4.69, 9.17) is 4.74 Å². The summed E-state index contributed by atoms with van der Waals surface area (Å²) in [4.78, 5) is 0. The molecule has 5 aromatic rings. The molecule has 0 saturated heterocycles. The highest BCUT2D eigenvalue weighted by Crippen LogP contribution is 2.58. The maximum absolute atomic E-state index is 7.24. The summed E-state index contributed by atoms with van der Waals surface area (Å²) in [5, 5.41) is 4.00. The average molecular weight is 817 g/mol. The summed E-state index contributed by atoms with van der Waals surface area (Å²) >= 11 is 0. The summed E-state index contributed by atoms with van der Waals surface area (Å²) in [5.41, 5.74) is 19.9. The van der Waals surface area contributed by atoms with Crippen LogP contribution in [-0.2, 0) is 27.1 Å². The van der Waals surface area contributed by atoms with Crippen molar-refractivity contribution in [2.75, 3.05) is 0 Å². The van der Waals surface area contributed by atoms with E-state index in [1.165, 1.54) is 99.6 Å². The lowest BCUT2D eigenvalue weighted by Crippen LogP contribution is -2.29. The van der Waals surface area contributed by atoms with Crippen LogP contribution in [0.5, 0.6) is 5.75 Å². The number of hydrogen-bond donors (Lipinski definition) is 0. The molecule has 1 aromatic heterocycles. The number of fused-ring (bicyclic) bond motifs is 11. The van der Waals surface area contributed by atoms with Gasteiger partial charge in [-0.05, 0) is 104 Å². The Balaban J connectivity index is 1.34. The van der Waals surface area contributed by atoms with Crippen molar-refractivity contribution in [2.24, 2.45) is 0 Å². The van der Waals surface area contributed by atoms with Crippen molar-refractivity contribution >= 4 is 43.8 Å². The second-order valence-electron chi connectivity index (χ2n) is 23.8. The largest absolute Gasteiger partial charge is 0.483 e. The van der Waals surface area contributed by atoms with E-state index in [0.29, 0.717) is 5.92 Å². The zero-order valence-electron chi connectivity index (χ0n) is 39.6. The van der Waals surface area contributed by atoms with E-state index in [1.807, 2.05) is 0 Å². The third kappa shape index (κ3) is 5.48. The molecule has 62 heavy (non-hydrogen) atoms. The van der Waals surface area contributed by atoms with Gasteiger partial charge in [-0.1, -0.05) is 163 Å². The van der Waals surface area contributed by atoms with Gasteiger partial charge in [-0.3, -0.25) is 0 Å². The topological polar surface area (TPSA) is 18.6 Å². The van der Waals surface area contributed by atoms with Crippen molar-refractivity contribution in [3.05, 3.63) is 148 Å². The van der Waals surface area contributed by atoms with Crippen LogP contribution in [0.4, 0.5) is 0 Å². The Bertz CT molecular complexity index is 3190. The van der Waals surface area contributed by atoms with E-state index in [2.05, 4.69) is 209 Å². The fourth-order valence-electron chi connectivity index (χ4n) is 11.6. The van der Waals surface area contributed by atoms with E-state index < -0.39 is 0 Å². The van der Waals surface area contributed by atoms with Crippen molar-refractivity contribution in [3.63, 3.8) is 0 Å². The number of aromatic nitrogens is 2. The van der Waals surface area contributed by atoms with E-state index in [1.54, 1.807) is 0 Å². The molecule has 0 bridgehead atoms. The normalized spacial score (nSPS) is 20.8. The number of allylic oxidation sites excluding steroid dienone is 6. The maximum Gasteiger partial charge on any atom is 0.149 e. The minimum atomic E-state index is -0.168. The Morgan fingerprint density at radius 3 is 1.97 bits per heavy atom. The van der Waals surface area contributed by atoms with Crippen molar-refractivity contribution in [2.45, 2.75) is 148 Å². The molecule has 4 aromatic carbocycles. The van der Waals surface area contributed by atoms with Gasteiger partial charge in [-0.25, -0.2) is 0 Å². The van der Waals surface area contributed by atoms with Crippen LogP contribution in [0.15, 0.2) is 109 Å². The summed E-state index contributed by atoms with van der Waals surface area (Å²) in [6.45, 7) is 33.1. The van der Waals surface area contributed by atoms with Crippen molar-refractivity contribution in [3.8, 4) is 16.9 Å². The summed E-state index contributed by atoms with van der Waals surface area (Å²) < 4.78 is 12.7. The first-order valence-electron chi connectivity index (χ1n) is 23.2. The molecule has 0 fully saturated rings. The average Bonchev–Trinajstić information content (AvgIpc) is 3.78. The Morgan fingerprint density at radius 2 is 1.26 bits per heavy atom. The summed E-state index contributed by atoms with van der Waals surface area (Å²) in [7, 11) is 0. The maximum atomic E-state index is 7.24. The third-order valence-corrected chi connectivity index (χ3v) is 15.2. The Kier molecular flexibility index (Phi) is 7.95. The van der Waals surface area contributed by atoms with Crippen LogP contribution in [0.25, 0.3) is 54.9 Å². The van der Waals surface area contributed by atoms with Crippen LogP contribution < -0.4 is 4.74 Å². The fourth-order valence-corrected chi connectivity index (χ4v) is 11.6. The first-order chi connectivity index (χ1) is 29.0. The molecule has 3 nitrogen and oxygen atoms in total. The molecule has 0 spiro atoms. The summed E-state index contributed by atoms with van der Waals surface area (Å²) in [6, 6.07) is 26.9. The number of rotatable bonds is 1. The van der Waals surface area contributed by atoms with Gasteiger partial charge in [0.2, 0.25) is 0 Å². The van der Waals surface area contributed by atoms with Crippen molar-refractivity contribution in [1.82, 2.24) is 8.97 Å². The number of nitrogens with zero attached hydrogens (tertiary/aromatic N) is 2. The predicted octanol–water partition coefficient (Wildman–Crippen LogP) is 15.7. The number of benzene rings is 4. The molecule has 6 aliphatic rings. The SMILES string of the molecule is CC(C)(C)c1ccc2c(c1)OC1C2=CC=CC1n1c2cc(C(C)(C)C)cc3c2-c(cc2cc(C(C)(C)C)cc4c5c(n3c24)C2CC=CC=C2C5(C)C)c2ccc(C(C)(C)C)cc21. The second-order valence-corrected chi connectivity index (χ2v) is 23.8. The molecule has 3 aliphatic heterocycles. The lowest BCUT2D eigenvalue weighted by molar-refractivity contribution is 0.231. The molecular weight excluding hydrogens is 753 g/mol. The van der Waals surface area contributed by atoms with E-state index in [0.717, 1.165) is 12.2 Å². The minimum absolute atomic E-state index is 0.0217. The molecule has 3 atom stereocenters. The van der Waals surface area contributed by atoms with Gasteiger partial charge in [0, 0.05) is 49.9 Å². The van der Waals surface area contributed by atoms with E-state index in [9.17, 15) is 0 Å². The van der Waals surface area contributed by atoms with Gasteiger partial charge in [0.05, 0.1) is 28.1 Å². The van der Waals surface area contributed by atoms with Gasteiger partial charge in [-0.15, -0.1) is 0 Å². The highest BCUT2D eigenvalue weighted by Gasteiger charge is 2.47. The summed E-state index contributed by atoms with van der Waals surface area (Å²) in [5.74, 6) is 1.31. The standard InChI is InChI=1S/C59H64N2O/c1-55(2,3)34-22-24-38-42-27-33-26-36(57(7,8)9)28-43-51-53(41-18-15-16-20-44(41)59(51,13)14)61(52(33)43)48-31-37(58(10,11)12)30-47(50(42)48)60(46(38)29-34)45-21-17-19-40-39-25-23-35(56(4,5)6)32-49(39)62-54(40)45/h15-17,19-32,41,45,54H,18H2,1-14H3. The molecule has 316 valence electrons. The Labute approximate surface area is 369 Å². The first-order valence-corrected chi connectivity index (χ1v) is 23.2. The van der Waals surface area contributed by atoms with Crippen LogP contribution >= 0.6 is 0 Å². The van der Waals surface area contributed by atoms with E-state index in [-0.39, 0.29) is 39.2 Å². The van der Waals surface area contributed by atoms with Crippen molar-refractivity contribution in [1.29, 1.82) is 0 Å².